The molecule has 1 aliphatic heterocycles. The molecule has 3 aromatic rings. The van der Waals surface area contributed by atoms with Gasteiger partial charge < -0.3 is 15.0 Å². The Morgan fingerprint density at radius 3 is 2.41 bits per heavy atom. The van der Waals surface area contributed by atoms with Crippen molar-refractivity contribution in [2.45, 2.75) is 53.4 Å². The Morgan fingerprint density at radius 2 is 1.81 bits per heavy atom. The third-order valence-corrected chi connectivity index (χ3v) is 6.60. The van der Waals surface area contributed by atoms with Crippen LogP contribution in [0.1, 0.15) is 47.0 Å². The number of hydrogen-bond acceptors (Lipinski definition) is 7. The summed E-state index contributed by atoms with van der Waals surface area (Å²) >= 11 is 1.66. The van der Waals surface area contributed by atoms with Gasteiger partial charge in [-0.15, -0.1) is 0 Å². The van der Waals surface area contributed by atoms with Crippen LogP contribution in [-0.2, 0) is 18.3 Å². The molecule has 1 fully saturated rings. The van der Waals surface area contributed by atoms with Crippen molar-refractivity contribution < 1.29 is 9.53 Å². The standard InChI is InChI=1S/C23H30N6O2S/c1-13-7-18(8-14(2)25-13)21-20(9-24-22(30)19-12-28(6)27-17(19)5)26-23(32-21)29-10-15(3)31-16(4)11-29/h7-8,12,15-16H,9-11H2,1-6H3,(H,24,30)/t15-,16+. The van der Waals surface area contributed by atoms with Crippen molar-refractivity contribution in [1.29, 1.82) is 0 Å². The van der Waals surface area contributed by atoms with Crippen molar-refractivity contribution >= 4 is 22.4 Å². The first-order valence-electron chi connectivity index (χ1n) is 10.8. The molecule has 4 heterocycles. The fourth-order valence-electron chi connectivity index (χ4n) is 4.20. The topological polar surface area (TPSA) is 85.2 Å². The number of pyridine rings is 1. The SMILES string of the molecule is Cc1cc(-c2sc(N3C[C@@H](C)O[C@@H](C)C3)nc2CNC(=O)c2cn(C)nc2C)cc(C)n1. The fraction of sp³-hybridized carbons (Fsp3) is 0.478. The van der Waals surface area contributed by atoms with Gasteiger partial charge in [0.15, 0.2) is 5.13 Å². The Morgan fingerprint density at radius 1 is 1.16 bits per heavy atom. The normalized spacial score (nSPS) is 18.8. The maximum Gasteiger partial charge on any atom is 0.255 e. The Kier molecular flexibility index (Phi) is 6.30. The van der Waals surface area contributed by atoms with E-state index in [0.29, 0.717) is 17.8 Å². The van der Waals surface area contributed by atoms with E-state index in [4.69, 9.17) is 9.72 Å². The second-order valence-corrected chi connectivity index (χ2v) is 9.54. The maximum atomic E-state index is 12.8. The Labute approximate surface area is 192 Å². The summed E-state index contributed by atoms with van der Waals surface area (Å²) in [7, 11) is 1.81. The van der Waals surface area contributed by atoms with Crippen LogP contribution in [0.5, 0.6) is 0 Å². The van der Waals surface area contributed by atoms with Gasteiger partial charge in [-0.2, -0.15) is 5.10 Å². The zero-order valence-electron chi connectivity index (χ0n) is 19.5. The van der Waals surface area contributed by atoms with Crippen LogP contribution in [0.2, 0.25) is 0 Å². The number of morpholine rings is 1. The summed E-state index contributed by atoms with van der Waals surface area (Å²) < 4.78 is 7.55. The number of aromatic nitrogens is 4. The summed E-state index contributed by atoms with van der Waals surface area (Å²) in [5, 5.41) is 8.26. The third-order valence-electron chi connectivity index (χ3n) is 5.39. The molecule has 0 spiro atoms. The zero-order valence-corrected chi connectivity index (χ0v) is 20.3. The number of aryl methyl sites for hydroxylation is 4. The van der Waals surface area contributed by atoms with E-state index < -0.39 is 0 Å². The van der Waals surface area contributed by atoms with E-state index in [1.807, 2.05) is 27.8 Å². The van der Waals surface area contributed by atoms with Gasteiger partial charge >= 0.3 is 0 Å². The molecule has 1 aliphatic rings. The van der Waals surface area contributed by atoms with Crippen LogP contribution in [0, 0.1) is 20.8 Å². The molecular weight excluding hydrogens is 424 g/mol. The van der Waals surface area contributed by atoms with Crippen molar-refractivity contribution in [2.75, 3.05) is 18.0 Å². The number of nitrogens with zero attached hydrogens (tertiary/aromatic N) is 5. The van der Waals surface area contributed by atoms with Crippen LogP contribution in [0.25, 0.3) is 10.4 Å². The number of carbonyl (C=O) groups excluding carboxylic acids is 1. The summed E-state index contributed by atoms with van der Waals surface area (Å²) in [5.41, 5.74) is 5.15. The first-order valence-corrected chi connectivity index (χ1v) is 11.7. The molecule has 1 amide bonds. The Bertz CT molecular complexity index is 1110. The molecule has 1 saturated heterocycles. The summed E-state index contributed by atoms with van der Waals surface area (Å²) in [6.07, 6.45) is 2.03. The van der Waals surface area contributed by atoms with Gasteiger partial charge in [0.05, 0.1) is 40.6 Å². The van der Waals surface area contributed by atoms with Gasteiger partial charge in [-0.3, -0.25) is 14.5 Å². The molecule has 32 heavy (non-hydrogen) atoms. The molecule has 4 rings (SSSR count). The number of amides is 1. The average Bonchev–Trinajstić information content (AvgIpc) is 3.27. The summed E-state index contributed by atoms with van der Waals surface area (Å²) in [4.78, 5) is 25.6. The molecule has 1 N–H and O–H groups in total. The smallest absolute Gasteiger partial charge is 0.255 e. The van der Waals surface area contributed by atoms with Crippen molar-refractivity contribution in [3.8, 4) is 10.4 Å². The molecule has 0 unspecified atom stereocenters. The monoisotopic (exact) mass is 454 g/mol. The highest BCUT2D eigenvalue weighted by atomic mass is 32.1. The first-order chi connectivity index (χ1) is 15.2. The number of anilines is 1. The molecule has 8 nitrogen and oxygen atoms in total. The van der Waals surface area contributed by atoms with E-state index in [0.717, 1.165) is 45.7 Å². The summed E-state index contributed by atoms with van der Waals surface area (Å²) in [6, 6.07) is 4.15. The predicted octanol–water partition coefficient (Wildman–Crippen LogP) is 3.41. The van der Waals surface area contributed by atoms with E-state index in [2.05, 4.69) is 46.3 Å². The molecule has 9 heteroatoms. The lowest BCUT2D eigenvalue weighted by atomic mass is 10.1. The molecular formula is C23H30N6O2S. The number of thiazole rings is 1. The summed E-state index contributed by atoms with van der Waals surface area (Å²) in [5.74, 6) is -0.146. The highest BCUT2D eigenvalue weighted by Crippen LogP contribution is 2.36. The van der Waals surface area contributed by atoms with Crippen LogP contribution in [0.4, 0.5) is 5.13 Å². The second-order valence-electron chi connectivity index (χ2n) is 8.56. The molecule has 0 aromatic carbocycles. The highest BCUT2D eigenvalue weighted by Gasteiger charge is 2.26. The Balaban J connectivity index is 1.65. The number of ether oxygens (including phenoxy) is 1. The van der Waals surface area contributed by atoms with E-state index in [1.54, 1.807) is 22.2 Å². The number of carbonyl (C=O) groups is 1. The molecule has 2 atom stereocenters. The number of hydrogen-bond donors (Lipinski definition) is 1. The van der Waals surface area contributed by atoms with Gasteiger partial charge in [-0.05, 0) is 52.3 Å². The van der Waals surface area contributed by atoms with Crippen molar-refractivity contribution in [3.63, 3.8) is 0 Å². The molecule has 0 radical (unpaired) electrons. The van der Waals surface area contributed by atoms with Gasteiger partial charge in [0.25, 0.3) is 5.91 Å². The van der Waals surface area contributed by atoms with Crippen LogP contribution in [0.3, 0.4) is 0 Å². The van der Waals surface area contributed by atoms with E-state index in [-0.39, 0.29) is 18.1 Å². The minimum absolute atomic E-state index is 0.146. The number of nitrogens with one attached hydrogen (secondary N) is 1. The van der Waals surface area contributed by atoms with Crippen LogP contribution < -0.4 is 10.2 Å². The molecule has 0 saturated carbocycles. The predicted molar refractivity (Wildman–Crippen MR) is 126 cm³/mol. The molecule has 0 bridgehead atoms. The van der Waals surface area contributed by atoms with Crippen molar-refractivity contribution in [3.05, 3.63) is 46.7 Å². The number of rotatable bonds is 5. The highest BCUT2D eigenvalue weighted by molar-refractivity contribution is 7.19. The van der Waals surface area contributed by atoms with Gasteiger partial charge in [-0.1, -0.05) is 11.3 Å². The fourth-order valence-corrected chi connectivity index (χ4v) is 5.29. The lowest BCUT2D eigenvalue weighted by Gasteiger charge is -2.35. The lowest BCUT2D eigenvalue weighted by molar-refractivity contribution is -0.00523. The minimum Gasteiger partial charge on any atom is -0.372 e. The Hall–Kier alpha value is -2.78. The zero-order chi connectivity index (χ0) is 23.0. The molecule has 170 valence electrons. The molecule has 0 aliphatic carbocycles. The van der Waals surface area contributed by atoms with Crippen molar-refractivity contribution in [2.24, 2.45) is 7.05 Å². The van der Waals surface area contributed by atoms with Gasteiger partial charge in [0.2, 0.25) is 0 Å². The van der Waals surface area contributed by atoms with Crippen LogP contribution in [0.15, 0.2) is 18.3 Å². The lowest BCUT2D eigenvalue weighted by Crippen LogP contribution is -2.45. The third kappa shape index (κ3) is 4.83. The van der Waals surface area contributed by atoms with Gasteiger partial charge in [0, 0.05) is 37.7 Å². The second kappa shape index (κ2) is 8.99. The summed E-state index contributed by atoms with van der Waals surface area (Å²) in [6.45, 7) is 11.9. The van der Waals surface area contributed by atoms with E-state index >= 15 is 0 Å². The van der Waals surface area contributed by atoms with Crippen LogP contribution >= 0.6 is 11.3 Å². The van der Waals surface area contributed by atoms with E-state index in [1.165, 1.54) is 0 Å². The quantitative estimate of drug-likeness (QED) is 0.636. The average molecular weight is 455 g/mol. The first kappa shape index (κ1) is 22.4. The van der Waals surface area contributed by atoms with Gasteiger partial charge in [-0.25, -0.2) is 4.98 Å². The van der Waals surface area contributed by atoms with Gasteiger partial charge in [0.1, 0.15) is 0 Å². The van der Waals surface area contributed by atoms with E-state index in [9.17, 15) is 4.79 Å². The maximum absolute atomic E-state index is 12.8. The molecule has 3 aromatic heterocycles. The van der Waals surface area contributed by atoms with Crippen LogP contribution in [-0.4, -0.2) is 51.0 Å². The minimum atomic E-state index is -0.146. The largest absolute Gasteiger partial charge is 0.372 e. The van der Waals surface area contributed by atoms with Crippen molar-refractivity contribution in [1.82, 2.24) is 25.1 Å².